The number of aromatic nitrogens is 1. The van der Waals surface area contributed by atoms with Crippen LogP contribution in [-0.2, 0) is 16.1 Å². The smallest absolute Gasteiger partial charge is 0.243 e. The van der Waals surface area contributed by atoms with Gasteiger partial charge in [0.2, 0.25) is 11.8 Å². The predicted molar refractivity (Wildman–Crippen MR) is 107 cm³/mol. The maximum atomic E-state index is 12.1. The van der Waals surface area contributed by atoms with E-state index in [1.165, 1.54) is 18.3 Å². The van der Waals surface area contributed by atoms with Crippen LogP contribution >= 0.6 is 34.4 Å². The van der Waals surface area contributed by atoms with Crippen LogP contribution in [0.15, 0.2) is 12.1 Å². The van der Waals surface area contributed by atoms with Gasteiger partial charge in [-0.3, -0.25) is 9.59 Å². The number of nitrogens with two attached hydrogens (primary N) is 1. The van der Waals surface area contributed by atoms with Crippen LogP contribution in [-0.4, -0.2) is 34.8 Å². The van der Waals surface area contributed by atoms with E-state index in [0.717, 1.165) is 26.1 Å². The van der Waals surface area contributed by atoms with E-state index in [0.29, 0.717) is 18.1 Å². The molecule has 6 nitrogen and oxygen atoms in total. The van der Waals surface area contributed by atoms with E-state index in [4.69, 9.17) is 5.73 Å². The number of carbonyl (C=O) groups is 2. The number of anilines is 1. The summed E-state index contributed by atoms with van der Waals surface area (Å²) in [7, 11) is 0. The van der Waals surface area contributed by atoms with Gasteiger partial charge in [-0.05, 0) is 37.5 Å². The van der Waals surface area contributed by atoms with E-state index < -0.39 is 6.04 Å². The Morgan fingerprint density at radius 3 is 2.80 bits per heavy atom. The van der Waals surface area contributed by atoms with E-state index in [1.807, 2.05) is 25.3 Å². The fraction of sp³-hybridized carbons (Fsp3) is 0.438. The molecule has 0 saturated heterocycles. The third-order valence-corrected chi connectivity index (χ3v) is 6.03. The molecule has 2 aromatic rings. The first-order valence-electron chi connectivity index (χ1n) is 7.77. The Kier molecular flexibility index (Phi) is 7.42. The fourth-order valence-electron chi connectivity index (χ4n) is 2.06. The van der Waals surface area contributed by atoms with Crippen molar-refractivity contribution in [2.45, 2.75) is 32.9 Å². The first-order valence-corrected chi connectivity index (χ1v) is 10.8. The van der Waals surface area contributed by atoms with Gasteiger partial charge in [0, 0.05) is 16.7 Å². The topological polar surface area (TPSA) is 97.1 Å². The maximum Gasteiger partial charge on any atom is 0.243 e. The molecule has 0 aliphatic rings. The molecule has 9 heteroatoms. The molecular formula is C16H22N4O2S3. The Bertz CT molecular complexity index is 742. The number of hydrogen-bond donors (Lipinski definition) is 3. The molecule has 2 amide bonds. The van der Waals surface area contributed by atoms with Crippen molar-refractivity contribution in [3.63, 3.8) is 0 Å². The lowest BCUT2D eigenvalue weighted by atomic mass is 10.2. The van der Waals surface area contributed by atoms with Crippen LogP contribution in [0.3, 0.4) is 0 Å². The number of hydrogen-bond acceptors (Lipinski definition) is 7. The van der Waals surface area contributed by atoms with Crippen molar-refractivity contribution in [1.82, 2.24) is 10.3 Å². The average Bonchev–Trinajstić information content (AvgIpc) is 3.16. The average molecular weight is 399 g/mol. The minimum absolute atomic E-state index is 0.0531. The highest BCUT2D eigenvalue weighted by Crippen LogP contribution is 2.34. The van der Waals surface area contributed by atoms with Gasteiger partial charge in [-0.15, -0.1) is 22.7 Å². The van der Waals surface area contributed by atoms with E-state index in [2.05, 4.69) is 15.6 Å². The minimum atomic E-state index is -0.522. The molecular weight excluding hydrogens is 376 g/mol. The number of nitrogens with zero attached hydrogens (tertiary/aromatic N) is 1. The van der Waals surface area contributed by atoms with Crippen molar-refractivity contribution in [3.05, 3.63) is 21.9 Å². The summed E-state index contributed by atoms with van der Waals surface area (Å²) in [6, 6.07) is 3.44. The molecule has 1 atom stereocenters. The molecule has 0 spiro atoms. The van der Waals surface area contributed by atoms with Gasteiger partial charge in [-0.2, -0.15) is 11.8 Å². The summed E-state index contributed by atoms with van der Waals surface area (Å²) in [6.45, 7) is 3.98. The molecule has 0 unspecified atom stereocenters. The zero-order valence-corrected chi connectivity index (χ0v) is 16.9. The van der Waals surface area contributed by atoms with Crippen molar-refractivity contribution < 1.29 is 9.59 Å². The summed E-state index contributed by atoms with van der Waals surface area (Å²) in [6.07, 6.45) is 2.63. The van der Waals surface area contributed by atoms with Crippen LogP contribution in [0.4, 0.5) is 5.13 Å². The van der Waals surface area contributed by atoms with E-state index in [-0.39, 0.29) is 11.8 Å². The van der Waals surface area contributed by atoms with Gasteiger partial charge in [0.05, 0.1) is 23.2 Å². The molecule has 0 aromatic carbocycles. The van der Waals surface area contributed by atoms with E-state index in [1.54, 1.807) is 23.1 Å². The Morgan fingerprint density at radius 1 is 1.36 bits per heavy atom. The molecule has 4 N–H and O–H groups in total. The monoisotopic (exact) mass is 398 g/mol. The van der Waals surface area contributed by atoms with E-state index >= 15 is 0 Å². The molecule has 136 valence electrons. The van der Waals surface area contributed by atoms with Crippen LogP contribution in [0.5, 0.6) is 0 Å². The quantitative estimate of drug-likeness (QED) is 0.635. The summed E-state index contributed by atoms with van der Waals surface area (Å²) in [4.78, 5) is 30.8. The van der Waals surface area contributed by atoms with Crippen LogP contribution in [0.2, 0.25) is 0 Å². The number of carbonyl (C=O) groups excluding carboxylic acids is 2. The third-order valence-electron chi connectivity index (χ3n) is 3.40. The number of aryl methyl sites for hydroxylation is 1. The fourth-order valence-corrected chi connectivity index (χ4v) is 4.44. The second-order valence-electron chi connectivity index (χ2n) is 5.48. The van der Waals surface area contributed by atoms with Crippen molar-refractivity contribution in [1.29, 1.82) is 0 Å². The van der Waals surface area contributed by atoms with Gasteiger partial charge in [-0.25, -0.2) is 4.98 Å². The van der Waals surface area contributed by atoms with Crippen LogP contribution in [0.25, 0.3) is 10.6 Å². The first kappa shape index (κ1) is 19.9. The van der Waals surface area contributed by atoms with Gasteiger partial charge in [-0.1, -0.05) is 0 Å². The van der Waals surface area contributed by atoms with Gasteiger partial charge in [0.15, 0.2) is 5.13 Å². The Hall–Kier alpha value is -1.42. The van der Waals surface area contributed by atoms with Crippen LogP contribution in [0, 0.1) is 6.92 Å². The summed E-state index contributed by atoms with van der Waals surface area (Å²) < 4.78 is 0. The van der Waals surface area contributed by atoms with Crippen molar-refractivity contribution in [3.8, 4) is 10.6 Å². The second kappa shape index (κ2) is 9.33. The molecule has 2 heterocycles. The lowest BCUT2D eigenvalue weighted by Gasteiger charge is -2.09. The predicted octanol–water partition coefficient (Wildman–Crippen LogP) is 2.84. The lowest BCUT2D eigenvalue weighted by molar-refractivity contribution is -0.119. The molecule has 2 rings (SSSR count). The maximum absolute atomic E-state index is 12.1. The molecule has 25 heavy (non-hydrogen) atoms. The number of amides is 2. The first-order chi connectivity index (χ1) is 11.9. The number of thioether (sulfide) groups is 1. The van der Waals surface area contributed by atoms with Gasteiger partial charge in [0.25, 0.3) is 0 Å². The molecule has 0 fully saturated rings. The molecule has 0 aliphatic carbocycles. The summed E-state index contributed by atoms with van der Waals surface area (Å²) in [5.74, 6) is 0.595. The van der Waals surface area contributed by atoms with Crippen molar-refractivity contribution in [2.24, 2.45) is 5.73 Å². The van der Waals surface area contributed by atoms with Gasteiger partial charge >= 0.3 is 0 Å². The molecule has 0 radical (unpaired) electrons. The second-order valence-corrected chi connectivity index (χ2v) is 8.83. The molecule has 0 bridgehead atoms. The third kappa shape index (κ3) is 5.81. The summed E-state index contributed by atoms with van der Waals surface area (Å²) in [5, 5.41) is 6.16. The van der Waals surface area contributed by atoms with Crippen LogP contribution < -0.4 is 16.4 Å². The summed E-state index contributed by atoms with van der Waals surface area (Å²) in [5.41, 5.74) is 6.75. The Morgan fingerprint density at radius 2 is 2.12 bits per heavy atom. The largest absolute Gasteiger partial charge is 0.351 e. The van der Waals surface area contributed by atoms with Crippen molar-refractivity contribution >= 4 is 51.4 Å². The molecule has 2 aromatic heterocycles. The standard InChI is InChI=1S/C16H22N4O2S3/c1-9-14(13-5-4-11(25-13)8-18-10(2)21)19-16(24-9)20-15(22)12(17)6-7-23-3/h4-5,12H,6-8,17H2,1-3H3,(H,18,21)(H,19,20,22)/t12-/m0/s1. The number of nitrogens with one attached hydrogen (secondary N) is 2. The normalized spacial score (nSPS) is 12.0. The number of thiophene rings is 1. The van der Waals surface area contributed by atoms with Crippen LogP contribution in [0.1, 0.15) is 23.1 Å². The molecule has 0 aliphatic heterocycles. The van der Waals surface area contributed by atoms with Gasteiger partial charge < -0.3 is 16.4 Å². The van der Waals surface area contributed by atoms with E-state index in [9.17, 15) is 9.59 Å². The lowest BCUT2D eigenvalue weighted by Crippen LogP contribution is -2.36. The zero-order valence-electron chi connectivity index (χ0n) is 14.4. The summed E-state index contributed by atoms with van der Waals surface area (Å²) >= 11 is 4.69. The number of rotatable bonds is 8. The highest BCUT2D eigenvalue weighted by Gasteiger charge is 2.17. The minimum Gasteiger partial charge on any atom is -0.351 e. The zero-order chi connectivity index (χ0) is 18.4. The number of thiazole rings is 1. The SMILES string of the molecule is CSCC[C@H](N)C(=O)Nc1nc(-c2ccc(CNC(C)=O)s2)c(C)s1. The Balaban J connectivity index is 2.04. The van der Waals surface area contributed by atoms with Crippen molar-refractivity contribution in [2.75, 3.05) is 17.3 Å². The molecule has 0 saturated carbocycles. The highest BCUT2D eigenvalue weighted by atomic mass is 32.2. The Labute approximate surface area is 159 Å². The van der Waals surface area contributed by atoms with Gasteiger partial charge in [0.1, 0.15) is 0 Å². The highest BCUT2D eigenvalue weighted by molar-refractivity contribution is 7.98.